The number of ether oxygens (including phenoxy) is 4. The van der Waals surface area contributed by atoms with E-state index in [4.69, 9.17) is 37.0 Å². The van der Waals surface area contributed by atoms with Crippen LogP contribution >= 0.6 is 15.6 Å². The summed E-state index contributed by atoms with van der Waals surface area (Å²) in [5.41, 5.74) is 0. The molecule has 0 aromatic rings. The fourth-order valence-corrected chi connectivity index (χ4v) is 13.1. The summed E-state index contributed by atoms with van der Waals surface area (Å²) < 4.78 is 68.7. The number of hydrogen-bond acceptors (Lipinski definition) is 15. The summed E-state index contributed by atoms with van der Waals surface area (Å²) in [4.78, 5) is 73.0. The molecule has 0 spiro atoms. The van der Waals surface area contributed by atoms with E-state index < -0.39 is 97.5 Å². The third kappa shape index (κ3) is 73.3. The maximum atomic E-state index is 13.1. The fraction of sp³-hybridized carbons (Fsp3) is 0.852. The molecule has 0 bridgehead atoms. The van der Waals surface area contributed by atoms with E-state index in [2.05, 4.69) is 76.3 Å². The average Bonchev–Trinajstić information content (AvgIpc) is 1.25. The Labute approximate surface area is 610 Å². The van der Waals surface area contributed by atoms with Gasteiger partial charge in [-0.1, -0.05) is 301 Å². The van der Waals surface area contributed by atoms with E-state index in [9.17, 15) is 43.2 Å². The normalized spacial score (nSPS) is 14.1. The largest absolute Gasteiger partial charge is 0.472 e. The first kappa shape index (κ1) is 97.0. The lowest BCUT2D eigenvalue weighted by molar-refractivity contribution is -0.161. The van der Waals surface area contributed by atoms with Gasteiger partial charge in [0.05, 0.1) is 26.4 Å². The van der Waals surface area contributed by atoms with Gasteiger partial charge in [-0.15, -0.1) is 0 Å². The lowest BCUT2D eigenvalue weighted by atomic mass is 10.0. The number of carbonyl (C=O) groups excluding carboxylic acids is 4. The van der Waals surface area contributed by atoms with Gasteiger partial charge in [0.2, 0.25) is 0 Å². The van der Waals surface area contributed by atoms with Crippen LogP contribution in [0.5, 0.6) is 0 Å². The number of allylic oxidation sites excluding steroid dienone is 8. The highest BCUT2D eigenvalue weighted by molar-refractivity contribution is 7.47. The molecule has 5 atom stereocenters. The number of phosphoric acid groups is 2. The zero-order valence-electron chi connectivity index (χ0n) is 64.1. The number of rotatable bonds is 78. The Kier molecular flexibility index (Phi) is 72.1. The Hall–Kier alpha value is -2.98. The van der Waals surface area contributed by atoms with Crippen molar-refractivity contribution in [3.8, 4) is 0 Å². The van der Waals surface area contributed by atoms with Crippen molar-refractivity contribution in [1.82, 2.24) is 0 Å². The molecule has 0 radical (unpaired) electrons. The van der Waals surface area contributed by atoms with E-state index in [1.54, 1.807) is 0 Å². The first-order valence-corrected chi connectivity index (χ1v) is 43.9. The van der Waals surface area contributed by atoms with E-state index in [1.807, 2.05) is 0 Å². The smallest absolute Gasteiger partial charge is 0.462 e. The molecule has 17 nitrogen and oxygen atoms in total. The van der Waals surface area contributed by atoms with Crippen LogP contribution in [0.15, 0.2) is 48.6 Å². The van der Waals surface area contributed by atoms with Crippen molar-refractivity contribution >= 4 is 39.5 Å². The summed E-state index contributed by atoms with van der Waals surface area (Å²) in [5, 5.41) is 10.6. The summed E-state index contributed by atoms with van der Waals surface area (Å²) in [6.07, 6.45) is 72.2. The number of esters is 4. The molecule has 0 fully saturated rings. The van der Waals surface area contributed by atoms with Crippen LogP contribution in [-0.2, 0) is 65.4 Å². The van der Waals surface area contributed by atoms with Crippen LogP contribution in [0.1, 0.15) is 387 Å². The number of phosphoric ester groups is 2. The Bertz CT molecular complexity index is 2080. The highest BCUT2D eigenvalue weighted by Crippen LogP contribution is 2.45. The monoisotopic (exact) mass is 1460 g/mol. The number of carbonyl (C=O) groups is 4. The quantitative estimate of drug-likeness (QED) is 0.0169. The molecule has 586 valence electrons. The van der Waals surface area contributed by atoms with Gasteiger partial charge in [0.25, 0.3) is 0 Å². The molecule has 0 saturated heterocycles. The van der Waals surface area contributed by atoms with Crippen molar-refractivity contribution < 1.29 is 80.2 Å². The molecular weight excluding hydrogens is 1310 g/mol. The van der Waals surface area contributed by atoms with Crippen LogP contribution < -0.4 is 0 Å². The summed E-state index contributed by atoms with van der Waals surface area (Å²) >= 11 is 0. The second-order valence-electron chi connectivity index (χ2n) is 27.7. The topological polar surface area (TPSA) is 237 Å². The molecule has 0 saturated carbocycles. The lowest BCUT2D eigenvalue weighted by Gasteiger charge is -2.21. The molecule has 2 unspecified atom stereocenters. The van der Waals surface area contributed by atoms with Gasteiger partial charge in [-0.3, -0.25) is 37.3 Å². The summed E-state index contributed by atoms with van der Waals surface area (Å²) in [7, 11) is -9.94. The fourth-order valence-electron chi connectivity index (χ4n) is 11.5. The maximum Gasteiger partial charge on any atom is 0.472 e. The van der Waals surface area contributed by atoms with Gasteiger partial charge in [-0.25, -0.2) is 9.13 Å². The Morgan fingerprint density at radius 2 is 0.490 bits per heavy atom. The first-order chi connectivity index (χ1) is 48.7. The Balaban J connectivity index is 5.33. The van der Waals surface area contributed by atoms with Gasteiger partial charge >= 0.3 is 39.5 Å². The zero-order valence-corrected chi connectivity index (χ0v) is 65.9. The molecule has 0 amide bonds. The van der Waals surface area contributed by atoms with Gasteiger partial charge in [0.1, 0.15) is 19.3 Å². The van der Waals surface area contributed by atoms with Crippen LogP contribution in [-0.4, -0.2) is 96.7 Å². The molecule has 0 rings (SSSR count). The van der Waals surface area contributed by atoms with E-state index >= 15 is 0 Å². The third-order valence-corrected chi connectivity index (χ3v) is 19.7. The minimum Gasteiger partial charge on any atom is -0.462 e. The first-order valence-electron chi connectivity index (χ1n) is 40.9. The third-order valence-electron chi connectivity index (χ3n) is 17.8. The summed E-state index contributed by atoms with van der Waals surface area (Å²) in [6, 6.07) is 0. The van der Waals surface area contributed by atoms with Crippen molar-refractivity contribution in [1.29, 1.82) is 0 Å². The predicted molar refractivity (Wildman–Crippen MR) is 409 cm³/mol. The minimum atomic E-state index is -4.97. The van der Waals surface area contributed by atoms with Crippen molar-refractivity contribution in [2.75, 3.05) is 39.6 Å². The number of unbranched alkanes of at least 4 members (excludes halogenated alkanes) is 44. The summed E-state index contributed by atoms with van der Waals surface area (Å²) in [6.45, 7) is 4.89. The number of hydrogen-bond donors (Lipinski definition) is 3. The van der Waals surface area contributed by atoms with E-state index in [-0.39, 0.29) is 25.7 Å². The SMILES string of the molecule is CCCCC/C=C\C/C=C\CCCCCCCC(=O)O[C@H](COC(=O)CCCCCCCCCCCCCCCCC)COP(=O)(O)OC[C@H](O)COP(=O)(O)OC[C@@H](COC(=O)CCCCCCCCC/C=C\CCCCCC)OC(=O)CCCCCCCCC/C=C\CCCCCC. The Morgan fingerprint density at radius 3 is 0.780 bits per heavy atom. The molecule has 0 aliphatic rings. The van der Waals surface area contributed by atoms with Gasteiger partial charge < -0.3 is 33.8 Å². The van der Waals surface area contributed by atoms with Crippen molar-refractivity contribution in [3.05, 3.63) is 48.6 Å². The predicted octanol–water partition coefficient (Wildman–Crippen LogP) is 23.7. The number of aliphatic hydroxyl groups excluding tert-OH is 1. The second kappa shape index (κ2) is 74.3. The van der Waals surface area contributed by atoms with Gasteiger partial charge in [0.15, 0.2) is 12.2 Å². The van der Waals surface area contributed by atoms with E-state index in [1.165, 1.54) is 154 Å². The second-order valence-corrected chi connectivity index (χ2v) is 30.6. The van der Waals surface area contributed by atoms with Gasteiger partial charge in [0, 0.05) is 25.7 Å². The minimum absolute atomic E-state index is 0.0853. The highest BCUT2D eigenvalue weighted by atomic mass is 31.2. The number of aliphatic hydroxyl groups is 1. The molecule has 0 aromatic heterocycles. The molecule has 0 heterocycles. The molecule has 0 aliphatic heterocycles. The lowest BCUT2D eigenvalue weighted by Crippen LogP contribution is -2.30. The van der Waals surface area contributed by atoms with Gasteiger partial charge in [-0.05, 0) is 109 Å². The van der Waals surface area contributed by atoms with E-state index in [0.29, 0.717) is 25.7 Å². The van der Waals surface area contributed by atoms with Crippen molar-refractivity contribution in [2.45, 2.75) is 406 Å². The molecule has 100 heavy (non-hydrogen) atoms. The van der Waals surface area contributed by atoms with Crippen LogP contribution in [0.25, 0.3) is 0 Å². The van der Waals surface area contributed by atoms with Crippen LogP contribution in [0.4, 0.5) is 0 Å². The van der Waals surface area contributed by atoms with Crippen LogP contribution in [0, 0.1) is 0 Å². The van der Waals surface area contributed by atoms with Gasteiger partial charge in [-0.2, -0.15) is 0 Å². The van der Waals surface area contributed by atoms with E-state index in [0.717, 1.165) is 154 Å². The van der Waals surface area contributed by atoms with Crippen LogP contribution in [0.3, 0.4) is 0 Å². The molecule has 3 N–H and O–H groups in total. The summed E-state index contributed by atoms with van der Waals surface area (Å²) in [5.74, 6) is -2.16. The molecule has 0 aromatic carbocycles. The molecule has 19 heteroatoms. The average molecular weight is 1460 g/mol. The zero-order chi connectivity index (χ0) is 73.2. The standard InChI is InChI=1S/C81H150O17P2/c1-5-9-13-17-21-25-29-33-37-41-45-49-53-57-61-65-78(83)91-71-76(97-80(85)67-63-59-55-51-47-43-39-35-31-27-23-19-15-11-7-3)73-95-99(87,88)93-69-75(82)70-94-100(89,90)96-74-77(98-81(86)68-64-60-56-52-48-44-40-36-32-28-24-20-16-12-8-4)72-92-79(84)66-62-58-54-50-46-42-38-34-30-26-22-18-14-10-6-2/h23,26-28,30,32,35,39,75-77,82H,5-22,24-25,29,31,33-34,36-38,40-74H2,1-4H3,(H,87,88)(H,89,90)/b27-23-,30-26-,32-28-,39-35-/t75-,76+,77+/m0/s1. The Morgan fingerprint density at radius 1 is 0.280 bits per heavy atom. The van der Waals surface area contributed by atoms with Crippen molar-refractivity contribution in [2.24, 2.45) is 0 Å². The molecular formula is C81H150O17P2. The maximum absolute atomic E-state index is 13.1. The van der Waals surface area contributed by atoms with Crippen molar-refractivity contribution in [3.63, 3.8) is 0 Å². The van der Waals surface area contributed by atoms with Crippen LogP contribution in [0.2, 0.25) is 0 Å². The highest BCUT2D eigenvalue weighted by Gasteiger charge is 2.30. The molecule has 0 aliphatic carbocycles.